The third-order valence-electron chi connectivity index (χ3n) is 4.50. The zero-order valence-corrected chi connectivity index (χ0v) is 16.4. The molecule has 0 amide bonds. The van der Waals surface area contributed by atoms with Crippen LogP contribution in [0.5, 0.6) is 11.6 Å². The van der Waals surface area contributed by atoms with Crippen molar-refractivity contribution in [2.24, 2.45) is 0 Å². The average molecular weight is 401 g/mol. The number of nitriles is 1. The summed E-state index contributed by atoms with van der Waals surface area (Å²) in [5, 5.41) is 17.0. The lowest BCUT2D eigenvalue weighted by atomic mass is 10.2. The lowest BCUT2D eigenvalue weighted by Crippen LogP contribution is -2.16. The number of nitrogens with two attached hydrogens (primary N) is 2. The Bertz CT molecular complexity index is 1280. The molecular weight excluding hydrogens is 382 g/mol. The molecule has 5 N–H and O–H groups in total. The van der Waals surface area contributed by atoms with E-state index in [0.29, 0.717) is 29.0 Å². The summed E-state index contributed by atoms with van der Waals surface area (Å²) >= 11 is 0. The summed E-state index contributed by atoms with van der Waals surface area (Å²) in [4.78, 5) is 12.6. The van der Waals surface area contributed by atoms with Gasteiger partial charge in [-0.05, 0) is 37.6 Å². The van der Waals surface area contributed by atoms with Crippen molar-refractivity contribution in [2.45, 2.75) is 19.9 Å². The summed E-state index contributed by atoms with van der Waals surface area (Å²) in [5.74, 6) is 1.81. The number of aromatic nitrogens is 5. The van der Waals surface area contributed by atoms with Gasteiger partial charge in [-0.15, -0.1) is 0 Å². The number of nitrogen functional groups attached to an aromatic ring is 2. The number of aryl methyl sites for hydroxylation is 1. The highest BCUT2D eigenvalue weighted by Gasteiger charge is 2.19. The zero-order chi connectivity index (χ0) is 21.3. The van der Waals surface area contributed by atoms with Crippen molar-refractivity contribution in [3.63, 3.8) is 0 Å². The van der Waals surface area contributed by atoms with Gasteiger partial charge in [0.2, 0.25) is 5.88 Å². The van der Waals surface area contributed by atoms with Crippen LogP contribution in [0.25, 0.3) is 5.52 Å². The molecule has 0 spiro atoms. The highest BCUT2D eigenvalue weighted by molar-refractivity contribution is 5.64. The fourth-order valence-electron chi connectivity index (χ4n) is 2.99. The van der Waals surface area contributed by atoms with Gasteiger partial charge in [-0.3, -0.25) is 0 Å². The molecule has 150 valence electrons. The van der Waals surface area contributed by atoms with Gasteiger partial charge in [0.05, 0.1) is 6.04 Å². The maximum Gasteiger partial charge on any atom is 0.247 e. The molecule has 0 saturated heterocycles. The molecule has 10 nitrogen and oxygen atoms in total. The summed E-state index contributed by atoms with van der Waals surface area (Å²) in [6.07, 6.45) is 3.12. The van der Waals surface area contributed by atoms with Crippen molar-refractivity contribution in [1.82, 2.24) is 24.6 Å². The minimum atomic E-state index is -0.401. The van der Waals surface area contributed by atoms with E-state index in [4.69, 9.17) is 16.2 Å². The van der Waals surface area contributed by atoms with Gasteiger partial charge in [-0.2, -0.15) is 15.3 Å². The molecule has 0 saturated carbocycles. The highest BCUT2D eigenvalue weighted by atomic mass is 16.5. The maximum absolute atomic E-state index is 9.34. The largest absolute Gasteiger partial charge is 0.437 e. The molecular formula is C20H19N9O. The minimum absolute atomic E-state index is 0.102. The van der Waals surface area contributed by atoms with Crippen LogP contribution in [0.3, 0.4) is 0 Å². The van der Waals surface area contributed by atoms with Gasteiger partial charge in [0.15, 0.2) is 5.82 Å². The summed E-state index contributed by atoms with van der Waals surface area (Å²) < 4.78 is 7.74. The molecule has 30 heavy (non-hydrogen) atoms. The summed E-state index contributed by atoms with van der Waals surface area (Å²) in [6, 6.07) is 10.6. The first-order valence-electron chi connectivity index (χ1n) is 9.12. The Hall–Kier alpha value is -4.39. The van der Waals surface area contributed by atoms with Crippen LogP contribution >= 0.6 is 0 Å². The summed E-state index contributed by atoms with van der Waals surface area (Å²) in [5.41, 5.74) is 14.1. The molecule has 3 aromatic heterocycles. The number of benzene rings is 1. The predicted molar refractivity (Wildman–Crippen MR) is 112 cm³/mol. The lowest BCUT2D eigenvalue weighted by molar-refractivity contribution is 0.457. The van der Waals surface area contributed by atoms with Crippen LogP contribution in [0, 0.1) is 18.3 Å². The standard InChI is InChI=1S/C20H19N9O/c1-11-6-7-29-16(11)20(30-14-5-3-4-13(22)8-14)27-18(28-29)12(2)26-19-15(9-21)17(23)24-10-25-19/h3-8,10,12H,22H2,1-2H3,(H3,23,24,25,26)/t12-/m0/s1. The molecule has 4 aromatic rings. The van der Waals surface area contributed by atoms with Crippen LogP contribution in [0.4, 0.5) is 17.3 Å². The molecule has 0 aliphatic carbocycles. The van der Waals surface area contributed by atoms with E-state index in [1.165, 1.54) is 6.33 Å². The maximum atomic E-state index is 9.34. The van der Waals surface area contributed by atoms with Crippen molar-refractivity contribution in [3.8, 4) is 17.7 Å². The number of rotatable bonds is 5. The van der Waals surface area contributed by atoms with E-state index in [2.05, 4.69) is 25.4 Å². The lowest BCUT2D eigenvalue weighted by Gasteiger charge is -2.16. The van der Waals surface area contributed by atoms with Crippen molar-refractivity contribution < 1.29 is 4.74 Å². The third kappa shape index (κ3) is 3.51. The van der Waals surface area contributed by atoms with E-state index in [1.54, 1.807) is 22.7 Å². The molecule has 0 radical (unpaired) electrons. The van der Waals surface area contributed by atoms with Gasteiger partial charge in [0.25, 0.3) is 0 Å². The van der Waals surface area contributed by atoms with Crippen molar-refractivity contribution in [3.05, 3.63) is 59.8 Å². The zero-order valence-electron chi connectivity index (χ0n) is 16.4. The van der Waals surface area contributed by atoms with Gasteiger partial charge in [0, 0.05) is 18.0 Å². The van der Waals surface area contributed by atoms with Crippen molar-refractivity contribution >= 4 is 22.8 Å². The van der Waals surface area contributed by atoms with Crippen LogP contribution in [0.15, 0.2) is 42.9 Å². The predicted octanol–water partition coefficient (Wildman–Crippen LogP) is 2.83. The number of nitrogens with zero attached hydrogens (tertiary/aromatic N) is 6. The first-order valence-corrected chi connectivity index (χ1v) is 9.12. The van der Waals surface area contributed by atoms with Gasteiger partial charge >= 0.3 is 0 Å². The first kappa shape index (κ1) is 18.9. The molecule has 0 aliphatic rings. The van der Waals surface area contributed by atoms with Gasteiger partial charge < -0.3 is 21.5 Å². The van der Waals surface area contributed by atoms with Gasteiger partial charge in [-0.25, -0.2) is 14.5 Å². The van der Waals surface area contributed by atoms with E-state index in [9.17, 15) is 5.26 Å². The number of fused-ring (bicyclic) bond motifs is 1. The quantitative estimate of drug-likeness (QED) is 0.428. The van der Waals surface area contributed by atoms with Crippen molar-refractivity contribution in [2.75, 3.05) is 16.8 Å². The fourth-order valence-corrected chi connectivity index (χ4v) is 2.99. The van der Waals surface area contributed by atoms with Gasteiger partial charge in [0.1, 0.15) is 40.9 Å². The first-order chi connectivity index (χ1) is 14.5. The Morgan fingerprint density at radius 2 is 2.07 bits per heavy atom. The fraction of sp³-hybridized carbons (Fsp3) is 0.150. The van der Waals surface area contributed by atoms with Gasteiger partial charge in [-0.1, -0.05) is 6.07 Å². The minimum Gasteiger partial charge on any atom is -0.437 e. The number of hydrogen-bond acceptors (Lipinski definition) is 9. The topological polar surface area (TPSA) is 153 Å². The molecule has 3 heterocycles. The monoisotopic (exact) mass is 401 g/mol. The van der Waals surface area contributed by atoms with E-state index >= 15 is 0 Å². The normalized spacial score (nSPS) is 11.8. The van der Waals surface area contributed by atoms with Crippen LogP contribution < -0.4 is 21.5 Å². The Kier molecular flexibility index (Phi) is 4.77. The van der Waals surface area contributed by atoms with Crippen LogP contribution in [0.1, 0.15) is 29.9 Å². The molecule has 0 aliphatic heterocycles. The number of anilines is 3. The van der Waals surface area contributed by atoms with E-state index in [0.717, 1.165) is 11.1 Å². The summed E-state index contributed by atoms with van der Waals surface area (Å²) in [6.45, 7) is 3.80. The Balaban J connectivity index is 1.73. The second-order valence-corrected chi connectivity index (χ2v) is 6.70. The molecule has 10 heteroatoms. The molecule has 0 bridgehead atoms. The smallest absolute Gasteiger partial charge is 0.247 e. The number of hydrogen-bond donors (Lipinski definition) is 3. The number of nitrogens with one attached hydrogen (secondary N) is 1. The third-order valence-corrected chi connectivity index (χ3v) is 4.50. The second-order valence-electron chi connectivity index (χ2n) is 6.70. The highest BCUT2D eigenvalue weighted by Crippen LogP contribution is 2.29. The molecule has 4 rings (SSSR count). The summed E-state index contributed by atoms with van der Waals surface area (Å²) in [7, 11) is 0. The van der Waals surface area contributed by atoms with E-state index in [-0.39, 0.29) is 11.4 Å². The molecule has 1 atom stereocenters. The molecule has 0 unspecified atom stereocenters. The SMILES string of the molecule is Cc1ccn2nc([C@H](C)Nc3ncnc(N)c3C#N)nc(Oc3cccc(N)c3)c12. The number of ether oxygens (including phenoxy) is 1. The van der Waals surface area contributed by atoms with Crippen molar-refractivity contribution in [1.29, 1.82) is 5.26 Å². The van der Waals surface area contributed by atoms with Crippen LogP contribution in [-0.2, 0) is 0 Å². The van der Waals surface area contributed by atoms with E-state index < -0.39 is 6.04 Å². The molecule has 1 aromatic carbocycles. The Labute approximate surface area is 172 Å². The Morgan fingerprint density at radius 3 is 2.83 bits per heavy atom. The molecule has 0 fully saturated rings. The second kappa shape index (κ2) is 7.56. The van der Waals surface area contributed by atoms with Crippen LogP contribution in [-0.4, -0.2) is 24.6 Å². The van der Waals surface area contributed by atoms with E-state index in [1.807, 2.05) is 38.2 Å². The Morgan fingerprint density at radius 1 is 1.23 bits per heavy atom. The average Bonchev–Trinajstić information content (AvgIpc) is 3.09. The van der Waals surface area contributed by atoms with Crippen LogP contribution in [0.2, 0.25) is 0 Å².